The van der Waals surface area contributed by atoms with Crippen molar-refractivity contribution >= 4 is 11.6 Å². The average molecular weight is 308 g/mol. The number of rotatable bonds is 5. The lowest BCUT2D eigenvalue weighted by Gasteiger charge is -2.09. The zero-order valence-electron chi connectivity index (χ0n) is 12.3. The van der Waals surface area contributed by atoms with Crippen LogP contribution in [0.25, 0.3) is 5.69 Å². The van der Waals surface area contributed by atoms with Gasteiger partial charge >= 0.3 is 0 Å². The summed E-state index contributed by atoms with van der Waals surface area (Å²) in [4.78, 5) is 0. The fourth-order valence-corrected chi connectivity index (χ4v) is 2.88. The van der Waals surface area contributed by atoms with Gasteiger partial charge in [0.2, 0.25) is 0 Å². The number of benzene rings is 1. The molecule has 0 saturated heterocycles. The summed E-state index contributed by atoms with van der Waals surface area (Å²) in [7, 11) is 0. The Morgan fingerprint density at radius 2 is 2.14 bits per heavy atom. The van der Waals surface area contributed by atoms with Gasteiger partial charge in [0, 0.05) is 11.7 Å². The van der Waals surface area contributed by atoms with Crippen molar-refractivity contribution in [3.63, 3.8) is 0 Å². The van der Waals surface area contributed by atoms with E-state index in [9.17, 15) is 4.39 Å². The molecule has 1 aromatic carbocycles. The molecule has 5 heteroatoms. The van der Waals surface area contributed by atoms with Gasteiger partial charge in [0.05, 0.1) is 10.7 Å². The Kier molecular flexibility index (Phi) is 4.00. The molecule has 1 aliphatic rings. The molecular weight excluding hydrogens is 289 g/mol. The standard InChI is InChI=1S/C16H19ClFN3/c1-10-13(8-9-19-12-6-7-12)11(2)21(20-10)16-14(17)4-3-5-15(16)18/h3-5,12,19H,6-9H2,1-2H3. The summed E-state index contributed by atoms with van der Waals surface area (Å²) >= 11 is 6.14. The van der Waals surface area contributed by atoms with Crippen LogP contribution in [0.5, 0.6) is 0 Å². The van der Waals surface area contributed by atoms with E-state index in [-0.39, 0.29) is 5.82 Å². The van der Waals surface area contributed by atoms with Crippen LogP contribution in [0, 0.1) is 19.7 Å². The van der Waals surface area contributed by atoms with Gasteiger partial charge in [-0.25, -0.2) is 9.07 Å². The minimum absolute atomic E-state index is 0.334. The van der Waals surface area contributed by atoms with Crippen LogP contribution in [0.15, 0.2) is 18.2 Å². The summed E-state index contributed by atoms with van der Waals surface area (Å²) in [5, 5.41) is 8.35. The van der Waals surface area contributed by atoms with Gasteiger partial charge in [-0.05, 0) is 57.4 Å². The van der Waals surface area contributed by atoms with Gasteiger partial charge in [-0.1, -0.05) is 17.7 Å². The van der Waals surface area contributed by atoms with Crippen molar-refractivity contribution in [2.45, 2.75) is 39.2 Å². The van der Waals surface area contributed by atoms with E-state index >= 15 is 0 Å². The van der Waals surface area contributed by atoms with Crippen LogP contribution in [-0.4, -0.2) is 22.4 Å². The van der Waals surface area contributed by atoms with Gasteiger partial charge < -0.3 is 5.32 Å². The summed E-state index contributed by atoms with van der Waals surface area (Å²) in [6.07, 6.45) is 3.46. The summed E-state index contributed by atoms with van der Waals surface area (Å²) in [5.74, 6) is -0.351. The summed E-state index contributed by atoms with van der Waals surface area (Å²) < 4.78 is 15.7. The van der Waals surface area contributed by atoms with Gasteiger partial charge in [-0.15, -0.1) is 0 Å². The normalized spacial score (nSPS) is 14.7. The molecular formula is C16H19ClFN3. The third kappa shape index (κ3) is 2.97. The van der Waals surface area contributed by atoms with Gasteiger partial charge in [0.1, 0.15) is 11.5 Å². The fourth-order valence-electron chi connectivity index (χ4n) is 2.63. The van der Waals surface area contributed by atoms with E-state index in [4.69, 9.17) is 11.6 Å². The van der Waals surface area contributed by atoms with Gasteiger partial charge in [0.25, 0.3) is 0 Å². The first-order valence-electron chi connectivity index (χ1n) is 7.31. The minimum atomic E-state index is -0.351. The predicted octanol–water partition coefficient (Wildman–Crippen LogP) is 3.58. The number of nitrogens with one attached hydrogen (secondary N) is 1. The van der Waals surface area contributed by atoms with Gasteiger partial charge in [-0.2, -0.15) is 5.10 Å². The third-order valence-corrected chi connectivity index (χ3v) is 4.28. The van der Waals surface area contributed by atoms with Crippen LogP contribution in [-0.2, 0) is 6.42 Å². The van der Waals surface area contributed by atoms with Crippen LogP contribution in [0.3, 0.4) is 0 Å². The van der Waals surface area contributed by atoms with Crippen molar-refractivity contribution in [1.29, 1.82) is 0 Å². The second-order valence-electron chi connectivity index (χ2n) is 5.61. The second-order valence-corrected chi connectivity index (χ2v) is 6.02. The Morgan fingerprint density at radius 1 is 1.38 bits per heavy atom. The summed E-state index contributed by atoms with van der Waals surface area (Å²) in [6.45, 7) is 4.86. The molecule has 1 fully saturated rings. The number of aromatic nitrogens is 2. The quantitative estimate of drug-likeness (QED) is 0.915. The highest BCUT2D eigenvalue weighted by atomic mass is 35.5. The molecule has 0 aliphatic heterocycles. The molecule has 0 spiro atoms. The second kappa shape index (κ2) is 5.78. The molecule has 0 radical (unpaired) electrons. The van der Waals surface area contributed by atoms with E-state index in [2.05, 4.69) is 10.4 Å². The Hall–Kier alpha value is -1.39. The number of hydrogen-bond donors (Lipinski definition) is 1. The molecule has 112 valence electrons. The predicted molar refractivity (Wildman–Crippen MR) is 82.7 cm³/mol. The minimum Gasteiger partial charge on any atom is -0.314 e. The van der Waals surface area contributed by atoms with Crippen molar-refractivity contribution in [3.05, 3.63) is 46.0 Å². The van der Waals surface area contributed by atoms with Crippen molar-refractivity contribution in [1.82, 2.24) is 15.1 Å². The lowest BCUT2D eigenvalue weighted by atomic mass is 10.1. The van der Waals surface area contributed by atoms with Crippen molar-refractivity contribution in [3.8, 4) is 5.69 Å². The van der Waals surface area contributed by atoms with Crippen molar-refractivity contribution in [2.75, 3.05) is 6.54 Å². The monoisotopic (exact) mass is 307 g/mol. The Bertz CT molecular complexity index is 642. The average Bonchev–Trinajstić information content (AvgIpc) is 3.21. The zero-order valence-corrected chi connectivity index (χ0v) is 13.0. The molecule has 1 heterocycles. The maximum Gasteiger partial charge on any atom is 0.150 e. The van der Waals surface area contributed by atoms with Crippen LogP contribution in [0.2, 0.25) is 5.02 Å². The van der Waals surface area contributed by atoms with E-state index in [0.717, 1.165) is 24.4 Å². The number of nitrogens with zero attached hydrogens (tertiary/aromatic N) is 2. The topological polar surface area (TPSA) is 29.9 Å². The first-order chi connectivity index (χ1) is 10.1. The van der Waals surface area contributed by atoms with Gasteiger partial charge in [0.15, 0.2) is 0 Å². The molecule has 0 bridgehead atoms. The highest BCUT2D eigenvalue weighted by molar-refractivity contribution is 6.32. The van der Waals surface area contributed by atoms with Crippen molar-refractivity contribution in [2.24, 2.45) is 0 Å². The summed E-state index contributed by atoms with van der Waals surface area (Å²) in [6, 6.07) is 5.39. The first kappa shape index (κ1) is 14.5. The smallest absolute Gasteiger partial charge is 0.150 e. The Balaban J connectivity index is 1.89. The molecule has 3 rings (SSSR count). The molecule has 0 atom stereocenters. The largest absolute Gasteiger partial charge is 0.314 e. The highest BCUT2D eigenvalue weighted by Crippen LogP contribution is 2.26. The summed E-state index contributed by atoms with van der Waals surface area (Å²) in [5.41, 5.74) is 3.39. The third-order valence-electron chi connectivity index (χ3n) is 3.98. The van der Waals surface area contributed by atoms with Crippen LogP contribution >= 0.6 is 11.6 Å². The van der Waals surface area contributed by atoms with Crippen LogP contribution < -0.4 is 5.32 Å². The van der Waals surface area contributed by atoms with Crippen molar-refractivity contribution < 1.29 is 4.39 Å². The van der Waals surface area contributed by atoms with Crippen LogP contribution in [0.1, 0.15) is 29.8 Å². The first-order valence-corrected chi connectivity index (χ1v) is 7.68. The molecule has 1 aromatic heterocycles. The molecule has 1 saturated carbocycles. The van der Waals surface area contributed by atoms with E-state index in [1.165, 1.54) is 24.5 Å². The van der Waals surface area contributed by atoms with E-state index < -0.39 is 0 Å². The fraction of sp³-hybridized carbons (Fsp3) is 0.438. The lowest BCUT2D eigenvalue weighted by Crippen LogP contribution is -2.19. The van der Waals surface area contributed by atoms with E-state index in [1.807, 2.05) is 13.8 Å². The molecule has 3 nitrogen and oxygen atoms in total. The molecule has 1 N–H and O–H groups in total. The highest BCUT2D eigenvalue weighted by Gasteiger charge is 2.21. The van der Waals surface area contributed by atoms with E-state index in [1.54, 1.807) is 16.8 Å². The number of hydrogen-bond acceptors (Lipinski definition) is 2. The number of aryl methyl sites for hydroxylation is 1. The zero-order chi connectivity index (χ0) is 15.0. The maximum absolute atomic E-state index is 14.1. The molecule has 21 heavy (non-hydrogen) atoms. The van der Waals surface area contributed by atoms with Crippen LogP contribution in [0.4, 0.5) is 4.39 Å². The Morgan fingerprint density at radius 3 is 2.81 bits per heavy atom. The molecule has 0 unspecified atom stereocenters. The number of halogens is 2. The molecule has 1 aliphatic carbocycles. The van der Waals surface area contributed by atoms with E-state index in [0.29, 0.717) is 16.8 Å². The number of para-hydroxylation sites is 1. The Labute approximate surface area is 129 Å². The maximum atomic E-state index is 14.1. The lowest BCUT2D eigenvalue weighted by molar-refractivity contribution is 0.608. The molecule has 0 amide bonds. The van der Waals surface area contributed by atoms with Gasteiger partial charge in [-0.3, -0.25) is 0 Å². The SMILES string of the molecule is Cc1nn(-c2c(F)cccc2Cl)c(C)c1CCNC1CC1. The molecule has 2 aromatic rings.